The summed E-state index contributed by atoms with van der Waals surface area (Å²) >= 11 is 0. The Kier molecular flexibility index (Phi) is 7.71. The Hall–Kier alpha value is -3.65. The van der Waals surface area contributed by atoms with Crippen LogP contribution in [-0.4, -0.2) is 46.8 Å². The highest BCUT2D eigenvalue weighted by molar-refractivity contribution is 6.27. The molecule has 1 aliphatic heterocycles. The molecule has 33 heavy (non-hydrogen) atoms. The van der Waals surface area contributed by atoms with E-state index in [1.165, 1.54) is 0 Å². The molecular weight excluding hydrogens is 416 g/mol. The molecule has 0 bridgehead atoms. The summed E-state index contributed by atoms with van der Waals surface area (Å²) in [6.45, 7) is 4.71. The highest BCUT2D eigenvalue weighted by Gasteiger charge is 2.15. The maximum Gasteiger partial charge on any atom is 0.185 e. The molecule has 3 aromatic rings. The van der Waals surface area contributed by atoms with Gasteiger partial charge in [0.25, 0.3) is 0 Å². The predicted octanol–water partition coefficient (Wildman–Crippen LogP) is 3.70. The number of hydrogen-bond donors (Lipinski definition) is 2. The van der Waals surface area contributed by atoms with Crippen molar-refractivity contribution in [2.75, 3.05) is 25.1 Å². The van der Waals surface area contributed by atoms with Crippen LogP contribution in [0.3, 0.4) is 0 Å². The Morgan fingerprint density at radius 2 is 2.09 bits per heavy atom. The first kappa shape index (κ1) is 22.5. The number of aromatic nitrogens is 3. The van der Waals surface area contributed by atoms with E-state index in [0.717, 1.165) is 54.9 Å². The number of aryl methyl sites for hydroxylation is 1. The molecule has 0 unspecified atom stereocenters. The second kappa shape index (κ2) is 11.3. The van der Waals surface area contributed by atoms with E-state index in [9.17, 15) is 4.79 Å². The molecule has 0 atom stereocenters. The van der Waals surface area contributed by atoms with E-state index in [1.807, 2.05) is 43.3 Å². The van der Waals surface area contributed by atoms with Gasteiger partial charge in [-0.1, -0.05) is 6.07 Å². The van der Waals surface area contributed by atoms with Crippen molar-refractivity contribution >= 4 is 23.6 Å². The van der Waals surface area contributed by atoms with Crippen molar-refractivity contribution < 1.29 is 9.53 Å². The van der Waals surface area contributed by atoms with Gasteiger partial charge in [0.2, 0.25) is 0 Å². The molecule has 1 fully saturated rings. The van der Waals surface area contributed by atoms with Gasteiger partial charge in [0.15, 0.2) is 17.9 Å². The summed E-state index contributed by atoms with van der Waals surface area (Å²) in [6, 6.07) is 11.6. The third-order valence-corrected chi connectivity index (χ3v) is 5.51. The van der Waals surface area contributed by atoms with Gasteiger partial charge in [0.05, 0.1) is 5.69 Å². The van der Waals surface area contributed by atoms with Crippen molar-refractivity contribution in [2.45, 2.75) is 26.3 Å². The number of ether oxygens (including phenoxy) is 1. The third kappa shape index (κ3) is 6.43. The summed E-state index contributed by atoms with van der Waals surface area (Å²) in [4.78, 5) is 29.5. The minimum absolute atomic E-state index is 0.292. The molecule has 0 saturated carbocycles. The minimum Gasteiger partial charge on any atom is -0.381 e. The number of hydrogen-bond acceptors (Lipinski definition) is 7. The number of anilines is 1. The van der Waals surface area contributed by atoms with Gasteiger partial charge in [-0.25, -0.2) is 9.98 Å². The summed E-state index contributed by atoms with van der Waals surface area (Å²) < 4.78 is 5.41. The molecule has 3 aromatic heterocycles. The van der Waals surface area contributed by atoms with Crippen molar-refractivity contribution in [3.8, 4) is 11.3 Å². The molecule has 0 radical (unpaired) electrons. The zero-order valence-corrected chi connectivity index (χ0v) is 18.7. The lowest BCUT2D eigenvalue weighted by atomic mass is 10.0. The lowest BCUT2D eigenvalue weighted by molar-refractivity contribution is -0.102. The molecular formula is C25H28N6O2. The fourth-order valence-corrected chi connectivity index (χ4v) is 3.66. The van der Waals surface area contributed by atoms with Gasteiger partial charge in [0, 0.05) is 56.2 Å². The molecule has 170 valence electrons. The maximum atomic E-state index is 11.7. The predicted molar refractivity (Wildman–Crippen MR) is 128 cm³/mol. The van der Waals surface area contributed by atoms with E-state index in [-0.39, 0.29) is 0 Å². The first-order valence-electron chi connectivity index (χ1n) is 11.1. The smallest absolute Gasteiger partial charge is 0.185 e. The topological polar surface area (TPSA) is 101 Å². The number of carbonyl (C=O) groups is 1. The number of nitrogens with zero attached hydrogens (tertiary/aromatic N) is 4. The molecule has 2 N–H and O–H groups in total. The highest BCUT2D eigenvalue weighted by atomic mass is 16.5. The monoisotopic (exact) mass is 444 g/mol. The van der Waals surface area contributed by atoms with Gasteiger partial charge in [-0.15, -0.1) is 0 Å². The van der Waals surface area contributed by atoms with Crippen LogP contribution in [0.2, 0.25) is 0 Å². The van der Waals surface area contributed by atoms with Crippen molar-refractivity contribution in [1.29, 1.82) is 0 Å². The van der Waals surface area contributed by atoms with Crippen LogP contribution >= 0.6 is 0 Å². The van der Waals surface area contributed by atoms with Gasteiger partial charge in [-0.05, 0) is 61.6 Å². The van der Waals surface area contributed by atoms with Crippen molar-refractivity contribution in [3.05, 3.63) is 66.2 Å². The van der Waals surface area contributed by atoms with Crippen LogP contribution in [-0.2, 0) is 16.1 Å². The summed E-state index contributed by atoms with van der Waals surface area (Å²) in [7, 11) is 0. The van der Waals surface area contributed by atoms with Gasteiger partial charge >= 0.3 is 0 Å². The Bertz CT molecular complexity index is 1100. The molecule has 0 amide bonds. The zero-order chi connectivity index (χ0) is 22.9. The van der Waals surface area contributed by atoms with Crippen molar-refractivity contribution in [3.63, 3.8) is 0 Å². The van der Waals surface area contributed by atoms with Crippen molar-refractivity contribution in [1.82, 2.24) is 20.3 Å². The SMILES string of the molecule is Cc1cc(-c2ccc(/N=C(\C=O)NCC3CCOCC3)c(NCc3cccnc3)n2)ccn1. The number of carbonyl (C=O) groups excluding carboxylic acids is 1. The number of pyridine rings is 3. The van der Waals surface area contributed by atoms with E-state index in [0.29, 0.717) is 36.3 Å². The van der Waals surface area contributed by atoms with Crippen LogP contribution in [0, 0.1) is 12.8 Å². The van der Waals surface area contributed by atoms with E-state index in [1.54, 1.807) is 18.6 Å². The van der Waals surface area contributed by atoms with Gasteiger partial charge in [0.1, 0.15) is 5.69 Å². The number of aliphatic imine (C=N–C) groups is 1. The first-order chi connectivity index (χ1) is 16.2. The minimum atomic E-state index is 0.292. The molecule has 0 aliphatic carbocycles. The number of rotatable bonds is 8. The molecule has 1 saturated heterocycles. The van der Waals surface area contributed by atoms with Crippen LogP contribution in [0.25, 0.3) is 11.3 Å². The Morgan fingerprint density at radius 1 is 1.21 bits per heavy atom. The summed E-state index contributed by atoms with van der Waals surface area (Å²) in [5.74, 6) is 1.36. The van der Waals surface area contributed by atoms with E-state index >= 15 is 0 Å². The fourth-order valence-electron chi connectivity index (χ4n) is 3.66. The number of aldehydes is 1. The molecule has 1 aliphatic rings. The highest BCUT2D eigenvalue weighted by Crippen LogP contribution is 2.28. The van der Waals surface area contributed by atoms with Crippen LogP contribution in [0.5, 0.6) is 0 Å². The van der Waals surface area contributed by atoms with Gasteiger partial charge < -0.3 is 15.4 Å². The third-order valence-electron chi connectivity index (χ3n) is 5.51. The van der Waals surface area contributed by atoms with Crippen LogP contribution < -0.4 is 10.6 Å². The summed E-state index contributed by atoms with van der Waals surface area (Å²) in [5.41, 5.74) is 4.30. The van der Waals surface area contributed by atoms with E-state index in [4.69, 9.17) is 9.72 Å². The largest absolute Gasteiger partial charge is 0.381 e. The second-order valence-electron chi connectivity index (χ2n) is 8.02. The Labute approximate surface area is 193 Å². The molecule has 0 spiro atoms. The Balaban J connectivity index is 1.58. The van der Waals surface area contributed by atoms with Crippen LogP contribution in [0.4, 0.5) is 11.5 Å². The van der Waals surface area contributed by atoms with Gasteiger partial charge in [-0.3, -0.25) is 14.8 Å². The first-order valence-corrected chi connectivity index (χ1v) is 11.1. The average Bonchev–Trinajstić information content (AvgIpc) is 2.87. The fraction of sp³-hybridized carbons (Fsp3) is 0.320. The number of amidine groups is 1. The molecule has 4 heterocycles. The van der Waals surface area contributed by atoms with Crippen LogP contribution in [0.1, 0.15) is 24.1 Å². The lowest BCUT2D eigenvalue weighted by Gasteiger charge is -2.22. The number of nitrogens with one attached hydrogen (secondary N) is 2. The summed E-state index contributed by atoms with van der Waals surface area (Å²) in [6.07, 6.45) is 8.04. The molecule has 0 aromatic carbocycles. The maximum absolute atomic E-state index is 11.7. The molecule has 8 nitrogen and oxygen atoms in total. The van der Waals surface area contributed by atoms with Gasteiger partial charge in [-0.2, -0.15) is 0 Å². The Morgan fingerprint density at radius 3 is 2.85 bits per heavy atom. The zero-order valence-electron chi connectivity index (χ0n) is 18.7. The lowest BCUT2D eigenvalue weighted by Crippen LogP contribution is -2.32. The molecule has 8 heteroatoms. The standard InChI is InChI=1S/C25H28N6O2/c1-18-13-21(6-10-27-18)22-4-5-23(25(31-22)29-16-20-3-2-9-26-14-20)30-24(17-32)28-15-19-7-11-33-12-8-19/h2-6,9-10,13-14,17,19H,7-8,11-12,15-16H2,1H3,(H,28,30)(H,29,31). The quantitative estimate of drug-likeness (QED) is 0.310. The van der Waals surface area contributed by atoms with E-state index in [2.05, 4.69) is 25.6 Å². The summed E-state index contributed by atoms with van der Waals surface area (Å²) in [5, 5.41) is 6.55. The molecule has 4 rings (SSSR count). The average molecular weight is 445 g/mol. The second-order valence-corrected chi connectivity index (χ2v) is 8.02. The van der Waals surface area contributed by atoms with Crippen molar-refractivity contribution in [2.24, 2.45) is 10.9 Å². The van der Waals surface area contributed by atoms with E-state index < -0.39 is 0 Å². The normalized spacial score (nSPS) is 14.6. The van der Waals surface area contributed by atoms with Crippen LogP contribution in [0.15, 0.2) is 60.0 Å².